The van der Waals surface area contributed by atoms with Crippen molar-refractivity contribution >= 4 is 16.1 Å². The molecule has 2 rings (SSSR count). The van der Waals surface area contributed by atoms with E-state index in [0.29, 0.717) is 5.56 Å². The van der Waals surface area contributed by atoms with E-state index < -0.39 is 10.0 Å². The van der Waals surface area contributed by atoms with Crippen molar-refractivity contribution < 1.29 is 17.6 Å². The summed E-state index contributed by atoms with van der Waals surface area (Å²) in [6.07, 6.45) is 0. The van der Waals surface area contributed by atoms with Gasteiger partial charge in [0.1, 0.15) is 5.82 Å². The van der Waals surface area contributed by atoms with Crippen molar-refractivity contribution in [3.8, 4) is 0 Å². The van der Waals surface area contributed by atoms with E-state index in [1.54, 1.807) is 57.3 Å². The highest BCUT2D eigenvalue weighted by Gasteiger charge is 2.19. The van der Waals surface area contributed by atoms with Crippen LogP contribution in [-0.2, 0) is 22.3 Å². The van der Waals surface area contributed by atoms with Crippen LogP contribution in [0.5, 0.6) is 0 Å². The van der Waals surface area contributed by atoms with Crippen LogP contribution < -0.4 is 10.0 Å². The number of sulfonamides is 1. The number of amides is 2. The molecule has 0 aliphatic rings. The molecule has 2 amide bonds. The molecular formula is C21H28FN3O3S. The molecular weight excluding hydrogens is 393 g/mol. The first-order valence-corrected chi connectivity index (χ1v) is 11.1. The Hall–Kier alpha value is -2.45. The van der Waals surface area contributed by atoms with Gasteiger partial charge in [-0.1, -0.05) is 36.4 Å². The SMILES string of the molecule is CC(C)NS(=O)(=O)Cc1ccccc1CNC(=O)N(C)[C@H](C)c1ccc(F)cc1. The largest absolute Gasteiger partial charge is 0.334 e. The van der Waals surface area contributed by atoms with E-state index in [4.69, 9.17) is 0 Å². The van der Waals surface area contributed by atoms with Crippen molar-refractivity contribution in [2.75, 3.05) is 7.05 Å². The van der Waals surface area contributed by atoms with Gasteiger partial charge >= 0.3 is 6.03 Å². The van der Waals surface area contributed by atoms with Gasteiger partial charge in [0.05, 0.1) is 11.8 Å². The number of hydrogen-bond donors (Lipinski definition) is 2. The Balaban J connectivity index is 2.04. The first-order chi connectivity index (χ1) is 13.6. The molecule has 2 aromatic rings. The Bertz CT molecular complexity index is 930. The van der Waals surface area contributed by atoms with Gasteiger partial charge < -0.3 is 10.2 Å². The fourth-order valence-electron chi connectivity index (χ4n) is 2.91. The standard InChI is InChI=1S/C21H28FN3O3S/c1-15(2)24-29(27,28)14-19-8-6-5-7-18(19)13-23-21(26)25(4)16(3)17-9-11-20(22)12-10-17/h5-12,15-16,24H,13-14H2,1-4H3,(H,23,26)/t16-/m1/s1. The number of rotatable bonds is 8. The maximum absolute atomic E-state index is 13.1. The maximum atomic E-state index is 13.1. The lowest BCUT2D eigenvalue weighted by atomic mass is 10.1. The molecule has 8 heteroatoms. The topological polar surface area (TPSA) is 78.5 Å². The summed E-state index contributed by atoms with van der Waals surface area (Å²) >= 11 is 0. The van der Waals surface area contributed by atoms with Crippen LogP contribution in [0.4, 0.5) is 9.18 Å². The maximum Gasteiger partial charge on any atom is 0.317 e. The zero-order chi connectivity index (χ0) is 21.6. The van der Waals surface area contributed by atoms with E-state index in [1.807, 2.05) is 6.92 Å². The molecule has 0 spiro atoms. The van der Waals surface area contributed by atoms with Gasteiger partial charge in [-0.25, -0.2) is 22.3 Å². The number of urea groups is 1. The molecule has 1 atom stereocenters. The normalized spacial score (nSPS) is 12.6. The molecule has 0 bridgehead atoms. The quantitative estimate of drug-likeness (QED) is 0.684. The second-order valence-electron chi connectivity index (χ2n) is 7.30. The molecule has 0 fully saturated rings. The van der Waals surface area contributed by atoms with E-state index in [2.05, 4.69) is 10.0 Å². The third-order valence-corrected chi connectivity index (χ3v) is 6.08. The third-order valence-electron chi connectivity index (χ3n) is 4.56. The molecule has 0 saturated carbocycles. The highest BCUT2D eigenvalue weighted by atomic mass is 32.2. The minimum atomic E-state index is -3.47. The van der Waals surface area contributed by atoms with E-state index in [-0.39, 0.29) is 36.2 Å². The van der Waals surface area contributed by atoms with Crippen LogP contribution in [-0.4, -0.2) is 32.4 Å². The Morgan fingerprint density at radius 1 is 1.03 bits per heavy atom. The summed E-state index contributed by atoms with van der Waals surface area (Å²) in [7, 11) is -1.81. The van der Waals surface area contributed by atoms with Crippen molar-refractivity contribution in [3.05, 3.63) is 71.0 Å². The first kappa shape index (κ1) is 22.8. The number of nitrogens with one attached hydrogen (secondary N) is 2. The molecule has 0 aliphatic carbocycles. The Morgan fingerprint density at radius 3 is 2.21 bits per heavy atom. The zero-order valence-electron chi connectivity index (χ0n) is 17.1. The molecule has 0 saturated heterocycles. The predicted molar refractivity (Wildman–Crippen MR) is 112 cm³/mol. The number of nitrogens with zero attached hydrogens (tertiary/aromatic N) is 1. The molecule has 0 aromatic heterocycles. The Kier molecular flexibility index (Phi) is 7.75. The van der Waals surface area contributed by atoms with E-state index in [1.165, 1.54) is 17.0 Å². The van der Waals surface area contributed by atoms with E-state index >= 15 is 0 Å². The fraction of sp³-hybridized carbons (Fsp3) is 0.381. The van der Waals surface area contributed by atoms with Crippen molar-refractivity contribution in [1.29, 1.82) is 0 Å². The average molecular weight is 422 g/mol. The van der Waals surface area contributed by atoms with Gasteiger partial charge in [0.15, 0.2) is 0 Å². The molecule has 0 aliphatic heterocycles. The van der Waals surface area contributed by atoms with Gasteiger partial charge in [-0.3, -0.25) is 0 Å². The van der Waals surface area contributed by atoms with Crippen molar-refractivity contribution in [2.24, 2.45) is 0 Å². The second-order valence-corrected chi connectivity index (χ2v) is 9.05. The summed E-state index contributed by atoms with van der Waals surface area (Å²) in [6.45, 7) is 5.58. The van der Waals surface area contributed by atoms with Crippen molar-refractivity contribution in [3.63, 3.8) is 0 Å². The molecule has 158 valence electrons. The summed E-state index contributed by atoms with van der Waals surface area (Å²) in [5.74, 6) is -0.481. The Morgan fingerprint density at radius 2 is 1.62 bits per heavy atom. The van der Waals surface area contributed by atoms with Crippen LogP contribution in [0, 0.1) is 5.82 Å². The van der Waals surface area contributed by atoms with Crippen molar-refractivity contribution in [1.82, 2.24) is 14.9 Å². The zero-order valence-corrected chi connectivity index (χ0v) is 18.0. The van der Waals surface area contributed by atoms with Crippen LogP contribution in [0.15, 0.2) is 48.5 Å². The lowest BCUT2D eigenvalue weighted by Crippen LogP contribution is -2.38. The molecule has 6 nitrogen and oxygen atoms in total. The highest BCUT2D eigenvalue weighted by Crippen LogP contribution is 2.19. The smallest absolute Gasteiger partial charge is 0.317 e. The number of carbonyl (C=O) groups is 1. The van der Waals surface area contributed by atoms with Gasteiger partial charge in [-0.15, -0.1) is 0 Å². The van der Waals surface area contributed by atoms with Gasteiger partial charge in [-0.2, -0.15) is 0 Å². The van der Waals surface area contributed by atoms with Crippen LogP contribution in [0.25, 0.3) is 0 Å². The summed E-state index contributed by atoms with van der Waals surface area (Å²) < 4.78 is 40.2. The average Bonchev–Trinajstić information content (AvgIpc) is 2.65. The summed E-state index contributed by atoms with van der Waals surface area (Å²) in [5.41, 5.74) is 2.18. The van der Waals surface area contributed by atoms with E-state index in [0.717, 1.165) is 11.1 Å². The van der Waals surface area contributed by atoms with Gasteiger partial charge in [-0.05, 0) is 49.6 Å². The van der Waals surface area contributed by atoms with Gasteiger partial charge in [0.2, 0.25) is 10.0 Å². The molecule has 29 heavy (non-hydrogen) atoms. The number of carbonyl (C=O) groups excluding carboxylic acids is 1. The summed E-state index contributed by atoms with van der Waals surface area (Å²) in [6, 6.07) is 12.4. The predicted octanol–water partition coefficient (Wildman–Crippen LogP) is 3.56. The lowest BCUT2D eigenvalue weighted by molar-refractivity contribution is 0.194. The molecule has 0 heterocycles. The first-order valence-electron chi connectivity index (χ1n) is 9.42. The van der Waals surface area contributed by atoms with Crippen LogP contribution >= 0.6 is 0 Å². The highest BCUT2D eigenvalue weighted by molar-refractivity contribution is 7.88. The van der Waals surface area contributed by atoms with Crippen LogP contribution in [0.3, 0.4) is 0 Å². The Labute approximate surface area is 172 Å². The van der Waals surface area contributed by atoms with Crippen molar-refractivity contribution in [2.45, 2.75) is 45.2 Å². The number of benzene rings is 2. The van der Waals surface area contributed by atoms with E-state index in [9.17, 15) is 17.6 Å². The summed E-state index contributed by atoms with van der Waals surface area (Å²) in [5, 5.41) is 2.83. The number of halogens is 1. The lowest BCUT2D eigenvalue weighted by Gasteiger charge is -2.26. The van der Waals surface area contributed by atoms with Crippen LogP contribution in [0.2, 0.25) is 0 Å². The summed E-state index contributed by atoms with van der Waals surface area (Å²) in [4.78, 5) is 14.1. The molecule has 2 aromatic carbocycles. The second kappa shape index (κ2) is 9.84. The fourth-order valence-corrected chi connectivity index (χ4v) is 4.41. The third kappa shape index (κ3) is 6.83. The van der Waals surface area contributed by atoms with Crippen LogP contribution in [0.1, 0.15) is 43.5 Å². The monoisotopic (exact) mass is 421 g/mol. The molecule has 2 N–H and O–H groups in total. The van der Waals surface area contributed by atoms with Gasteiger partial charge in [0, 0.05) is 19.6 Å². The molecule has 0 unspecified atom stereocenters. The minimum absolute atomic E-state index is 0.154. The number of hydrogen-bond acceptors (Lipinski definition) is 3. The molecule has 0 radical (unpaired) electrons. The minimum Gasteiger partial charge on any atom is -0.334 e. The van der Waals surface area contributed by atoms with Gasteiger partial charge in [0.25, 0.3) is 0 Å².